The molecule has 1 aliphatic carbocycles. The minimum atomic E-state index is -3.63. The molecule has 1 saturated carbocycles. The number of aromatic nitrogens is 2. The predicted molar refractivity (Wildman–Crippen MR) is 284 cm³/mol. The first kappa shape index (κ1) is 64.4. The molecule has 430 valence electrons. The second-order valence-electron chi connectivity index (χ2n) is 18.6. The zero-order chi connectivity index (χ0) is 56.2. The fraction of sp³-hybridized carbons (Fsp3) is 0.585. The standard InChI is InChI=1S/C53H73N5O18S2/c1-78(66,67)53-56-55-52(76-53)43-16-18-45(19-17-43)54-51(65)21-20-47(64)8-4-6-22-68-24-26-70-27-25-69-23-7-5-9-48(77)29-42-14-12-41(13-15-42)28-46(58(34-74-39-62)35-75-40-63)30-57(33-73-38-61)50-11-3-2-10-49(50)44(31-71-36-59)32-72-37-60/h12-19,36-40,44,46,49-50H,2-11,20-35H2,1H3,(H,54,65)/t46-,49-,50+/m0/s1. The molecule has 0 unspecified atom stereocenters. The van der Waals surface area contributed by atoms with Crippen LogP contribution in [0, 0.1) is 11.8 Å². The summed E-state index contributed by atoms with van der Waals surface area (Å²) in [4.78, 5) is 85.8. The maximum Gasteiger partial charge on any atom is 0.335 e. The van der Waals surface area contributed by atoms with Gasteiger partial charge >= 0.3 is 5.22 Å². The van der Waals surface area contributed by atoms with Gasteiger partial charge in [0.15, 0.2) is 0 Å². The van der Waals surface area contributed by atoms with Gasteiger partial charge in [-0.15, -0.1) is 5.10 Å². The number of hydrogen-bond acceptors (Lipinski definition) is 23. The van der Waals surface area contributed by atoms with E-state index in [9.17, 15) is 42.0 Å². The molecule has 1 amide bonds. The fourth-order valence-corrected chi connectivity index (χ4v) is 9.73. The molecule has 0 spiro atoms. The average molecular weight is 1130 g/mol. The lowest BCUT2D eigenvalue weighted by atomic mass is 9.76. The number of rotatable bonds is 46. The van der Waals surface area contributed by atoms with Crippen LogP contribution in [-0.2, 0) is 94.1 Å². The van der Waals surface area contributed by atoms with E-state index in [2.05, 4.69) is 15.5 Å². The fourth-order valence-electron chi connectivity index (χ4n) is 9.00. The summed E-state index contributed by atoms with van der Waals surface area (Å²) in [6, 6.07) is 13.9. The Morgan fingerprint density at radius 1 is 0.692 bits per heavy atom. The largest absolute Gasteiger partial charge is 0.467 e. The zero-order valence-corrected chi connectivity index (χ0v) is 45.8. The third kappa shape index (κ3) is 25.1. The molecule has 4 rings (SSSR count). The highest BCUT2D eigenvalue weighted by Crippen LogP contribution is 2.35. The van der Waals surface area contributed by atoms with Crippen molar-refractivity contribution in [2.45, 2.75) is 107 Å². The van der Waals surface area contributed by atoms with Crippen molar-refractivity contribution in [3.8, 4) is 11.5 Å². The number of anilines is 1. The third-order valence-electron chi connectivity index (χ3n) is 12.9. The lowest BCUT2D eigenvalue weighted by Gasteiger charge is -2.44. The monoisotopic (exact) mass is 1130 g/mol. The Morgan fingerprint density at radius 3 is 1.85 bits per heavy atom. The summed E-state index contributed by atoms with van der Waals surface area (Å²) in [5.74, 6) is -0.682. The van der Waals surface area contributed by atoms with Crippen LogP contribution in [0.4, 0.5) is 5.69 Å². The Labute approximate surface area is 460 Å². The minimum absolute atomic E-state index is 0.00805. The Balaban J connectivity index is 1.08. The summed E-state index contributed by atoms with van der Waals surface area (Å²) in [6.07, 6.45) is 9.63. The van der Waals surface area contributed by atoms with Gasteiger partial charge in [-0.3, -0.25) is 38.5 Å². The molecular weight excluding hydrogens is 1060 g/mol. The number of sulfone groups is 1. The van der Waals surface area contributed by atoms with Gasteiger partial charge in [-0.25, -0.2) is 13.3 Å². The molecule has 0 saturated heterocycles. The van der Waals surface area contributed by atoms with Gasteiger partial charge in [-0.05, 0) is 97.5 Å². The third-order valence-corrected chi connectivity index (χ3v) is 14.0. The van der Waals surface area contributed by atoms with Crippen molar-refractivity contribution in [1.29, 1.82) is 0 Å². The number of benzene rings is 2. The number of amides is 1. The van der Waals surface area contributed by atoms with Gasteiger partial charge in [-0.2, -0.15) is 0 Å². The first-order valence-electron chi connectivity index (χ1n) is 25.9. The smallest absolute Gasteiger partial charge is 0.335 e. The van der Waals surface area contributed by atoms with E-state index in [4.69, 9.17) is 54.5 Å². The lowest BCUT2D eigenvalue weighted by Crippen LogP contribution is -2.54. The first-order chi connectivity index (χ1) is 37.9. The zero-order valence-electron chi connectivity index (χ0n) is 44.2. The molecule has 25 heteroatoms. The van der Waals surface area contributed by atoms with Crippen LogP contribution in [0.25, 0.3) is 11.5 Å². The number of carbonyl (C=O) groups is 7. The van der Waals surface area contributed by atoms with Crippen molar-refractivity contribution in [2.75, 3.05) is 91.2 Å². The summed E-state index contributed by atoms with van der Waals surface area (Å²) in [6.45, 7) is 4.46. The van der Waals surface area contributed by atoms with Gasteiger partial charge in [0.2, 0.25) is 21.6 Å². The number of nitrogens with one attached hydrogen (secondary N) is 1. The quantitative estimate of drug-likeness (QED) is 0.0260. The molecule has 1 aromatic heterocycles. The maximum atomic E-state index is 12.4. The summed E-state index contributed by atoms with van der Waals surface area (Å²) in [7, 11) is -3.63. The SMILES string of the molecule is CS(=O)(=O)c1nnc(-c2ccc(NC(=O)CCC(=O)CCCCOCCOCCOCCCCC(=S)Cc3ccc(C[C@@H](CN(COC=O)[C@@H]4CCCC[C@H]4C(COC=O)COC=O)N(COC=O)COC=O)cc3)cc2)o1. The second-order valence-corrected chi connectivity index (χ2v) is 21.1. The normalized spacial score (nSPS) is 14.8. The van der Waals surface area contributed by atoms with Crippen molar-refractivity contribution in [2.24, 2.45) is 11.8 Å². The number of carbonyl (C=O) groups excluding carboxylic acids is 7. The summed E-state index contributed by atoms with van der Waals surface area (Å²) in [5, 5.41) is 9.52. The van der Waals surface area contributed by atoms with Crippen LogP contribution < -0.4 is 5.32 Å². The molecule has 0 radical (unpaired) electrons. The van der Waals surface area contributed by atoms with E-state index in [1.807, 2.05) is 29.2 Å². The van der Waals surface area contributed by atoms with E-state index in [0.717, 1.165) is 67.2 Å². The number of hydrogen-bond donors (Lipinski definition) is 1. The highest BCUT2D eigenvalue weighted by atomic mass is 32.2. The van der Waals surface area contributed by atoms with E-state index < -0.39 is 21.1 Å². The van der Waals surface area contributed by atoms with Crippen LogP contribution in [0.2, 0.25) is 0 Å². The number of ketones is 1. The number of ether oxygens (including phenoxy) is 8. The van der Waals surface area contributed by atoms with Gasteiger partial charge in [0.05, 0.1) is 39.6 Å². The van der Waals surface area contributed by atoms with Gasteiger partial charge < -0.3 is 47.6 Å². The molecule has 1 N–H and O–H groups in total. The van der Waals surface area contributed by atoms with Crippen LogP contribution in [0.1, 0.15) is 88.2 Å². The van der Waals surface area contributed by atoms with E-state index in [-0.39, 0.29) is 81.7 Å². The van der Waals surface area contributed by atoms with Crippen molar-refractivity contribution >= 4 is 76.7 Å². The maximum absolute atomic E-state index is 12.4. The molecule has 1 fully saturated rings. The Hall–Kier alpha value is -6.09. The molecular formula is C53H73N5O18S2. The highest BCUT2D eigenvalue weighted by molar-refractivity contribution is 7.90. The topological polar surface area (TPSA) is 285 Å². The first-order valence-corrected chi connectivity index (χ1v) is 28.2. The number of nitrogens with zero attached hydrogens (tertiary/aromatic N) is 4. The van der Waals surface area contributed by atoms with Gasteiger partial charge in [0.25, 0.3) is 32.4 Å². The van der Waals surface area contributed by atoms with Crippen LogP contribution >= 0.6 is 12.2 Å². The minimum Gasteiger partial charge on any atom is -0.467 e. The van der Waals surface area contributed by atoms with Gasteiger partial charge in [0.1, 0.15) is 26.0 Å². The molecule has 3 atom stereocenters. The molecule has 0 aliphatic heterocycles. The summed E-state index contributed by atoms with van der Waals surface area (Å²) in [5.41, 5.74) is 2.98. The van der Waals surface area contributed by atoms with Crippen LogP contribution in [0.5, 0.6) is 0 Å². The molecule has 23 nitrogen and oxygen atoms in total. The highest BCUT2D eigenvalue weighted by Gasteiger charge is 2.38. The molecule has 2 aromatic carbocycles. The van der Waals surface area contributed by atoms with Crippen molar-refractivity contribution < 1.29 is 84.3 Å². The Bertz CT molecular complexity index is 2350. The van der Waals surface area contributed by atoms with Crippen molar-refractivity contribution in [3.05, 3.63) is 59.7 Å². The summed E-state index contributed by atoms with van der Waals surface area (Å²) < 4.78 is 71.2. The van der Waals surface area contributed by atoms with E-state index in [0.29, 0.717) is 122 Å². The Kier molecular flexibility index (Phi) is 31.1. The average Bonchev–Trinajstić information content (AvgIpc) is 4.00. The van der Waals surface area contributed by atoms with Crippen LogP contribution in [0.3, 0.4) is 0 Å². The number of Topliss-reactive ketones (excluding diaryl/α,β-unsaturated/α-hetero) is 1. The van der Waals surface area contributed by atoms with Crippen molar-refractivity contribution in [3.63, 3.8) is 0 Å². The second kappa shape index (κ2) is 37.7. The molecule has 0 bridgehead atoms. The molecule has 1 aliphatic rings. The van der Waals surface area contributed by atoms with E-state index in [1.54, 1.807) is 29.2 Å². The van der Waals surface area contributed by atoms with Crippen LogP contribution in [-0.4, -0.2) is 175 Å². The van der Waals surface area contributed by atoms with Crippen molar-refractivity contribution in [1.82, 2.24) is 20.0 Å². The van der Waals surface area contributed by atoms with Gasteiger partial charge in [0, 0.05) is 81.0 Å². The lowest BCUT2D eigenvalue weighted by molar-refractivity contribution is -0.148. The Morgan fingerprint density at radius 2 is 1.26 bits per heavy atom. The number of unbranched alkanes of at least 4 members (excludes halogenated alkanes) is 2. The molecule has 3 aromatic rings. The number of thiocarbonyl (C=S) groups is 1. The van der Waals surface area contributed by atoms with E-state index in [1.165, 1.54) is 0 Å². The predicted octanol–water partition coefficient (Wildman–Crippen LogP) is 4.86. The summed E-state index contributed by atoms with van der Waals surface area (Å²) >= 11 is 5.74. The van der Waals surface area contributed by atoms with E-state index >= 15 is 0 Å². The molecule has 1 heterocycles. The molecule has 78 heavy (non-hydrogen) atoms. The van der Waals surface area contributed by atoms with Crippen LogP contribution in [0.15, 0.2) is 58.2 Å². The van der Waals surface area contributed by atoms with Gasteiger partial charge in [-0.1, -0.05) is 54.4 Å².